The minimum atomic E-state index is -1.43. The highest BCUT2D eigenvalue weighted by molar-refractivity contribution is 6.55. The number of anilines is 1. The Morgan fingerprint density at radius 3 is 2.06 bits per heavy atom. The van der Waals surface area contributed by atoms with Crippen LogP contribution in [-0.2, 0) is 14.3 Å². The summed E-state index contributed by atoms with van der Waals surface area (Å²) in [6.45, 7) is 2.33. The maximum absolute atomic E-state index is 13.1. The molecule has 2 aromatic carbocycles. The molecule has 35 heavy (non-hydrogen) atoms. The van der Waals surface area contributed by atoms with Gasteiger partial charge in [0.15, 0.2) is 6.61 Å². The van der Waals surface area contributed by atoms with Crippen molar-refractivity contribution < 1.29 is 28.8 Å². The zero-order valence-corrected chi connectivity index (χ0v) is 21.0. The lowest BCUT2D eigenvalue weighted by Crippen LogP contribution is -2.49. The quantitative estimate of drug-likeness (QED) is 0.125. The van der Waals surface area contributed by atoms with Crippen LogP contribution in [0.4, 0.5) is 11.4 Å². The van der Waals surface area contributed by atoms with Crippen LogP contribution in [-0.4, -0.2) is 46.2 Å². The summed E-state index contributed by atoms with van der Waals surface area (Å²) in [5, 5.41) is 12.2. The molecule has 184 valence electrons. The van der Waals surface area contributed by atoms with Crippen LogP contribution in [0.15, 0.2) is 24.3 Å². The number of rotatable bonds is 7. The number of non-ortho nitro benzene ring substituents is 1. The highest BCUT2D eigenvalue weighted by Crippen LogP contribution is 2.45. The molecular weight excluding hydrogens is 548 g/mol. The lowest BCUT2D eigenvalue weighted by Gasteiger charge is -2.27. The molecule has 0 spiro atoms. The first kappa shape index (κ1) is 26.7. The van der Waals surface area contributed by atoms with Gasteiger partial charge in [0.25, 0.3) is 23.4 Å². The van der Waals surface area contributed by atoms with Crippen molar-refractivity contribution in [2.24, 2.45) is 5.92 Å². The lowest BCUT2D eigenvalue weighted by molar-refractivity contribution is -0.384. The van der Waals surface area contributed by atoms with Crippen LogP contribution in [0.3, 0.4) is 0 Å². The molecule has 0 saturated carbocycles. The maximum Gasteiger partial charge on any atom is 0.330 e. The fraction of sp³-hybridized carbons (Fsp3) is 0.238. The molecule has 1 aliphatic heterocycles. The van der Waals surface area contributed by atoms with E-state index < -0.39 is 47.2 Å². The number of hydrogen-bond acceptors (Lipinski definition) is 7. The van der Waals surface area contributed by atoms with Gasteiger partial charge in [-0.25, -0.2) is 4.79 Å². The zero-order valence-electron chi connectivity index (χ0n) is 17.9. The molecule has 0 radical (unpaired) electrons. The highest BCUT2D eigenvalue weighted by Gasteiger charge is 2.48. The number of esters is 1. The van der Waals surface area contributed by atoms with Gasteiger partial charge >= 0.3 is 5.97 Å². The van der Waals surface area contributed by atoms with Crippen LogP contribution in [0.2, 0.25) is 20.1 Å². The van der Waals surface area contributed by atoms with Crippen molar-refractivity contribution in [3.05, 3.63) is 65.6 Å². The number of nitrogens with zero attached hydrogens (tertiary/aromatic N) is 2. The number of carbonyl (C=O) groups excluding carboxylic acids is 4. The number of imide groups is 1. The van der Waals surface area contributed by atoms with Crippen LogP contribution < -0.4 is 5.32 Å². The third kappa shape index (κ3) is 5.06. The number of nitro benzene ring substituents is 1. The largest absolute Gasteiger partial charge is 0.454 e. The van der Waals surface area contributed by atoms with E-state index in [4.69, 9.17) is 51.1 Å². The summed E-state index contributed by atoms with van der Waals surface area (Å²) < 4.78 is 5.04. The van der Waals surface area contributed by atoms with Gasteiger partial charge in [0, 0.05) is 17.8 Å². The minimum absolute atomic E-state index is 0.110. The second-order valence-electron chi connectivity index (χ2n) is 7.64. The molecule has 0 saturated heterocycles. The molecule has 1 aliphatic rings. The van der Waals surface area contributed by atoms with Crippen molar-refractivity contribution in [3.8, 4) is 0 Å². The van der Waals surface area contributed by atoms with Crippen molar-refractivity contribution in [1.82, 2.24) is 4.90 Å². The van der Waals surface area contributed by atoms with Gasteiger partial charge in [-0.1, -0.05) is 66.3 Å². The van der Waals surface area contributed by atoms with Gasteiger partial charge in [0.2, 0.25) is 0 Å². The Morgan fingerprint density at radius 1 is 1.03 bits per heavy atom. The second kappa shape index (κ2) is 10.4. The van der Waals surface area contributed by atoms with E-state index in [2.05, 4.69) is 5.32 Å². The molecule has 0 bridgehead atoms. The Kier molecular flexibility index (Phi) is 7.90. The number of amides is 3. The predicted octanol–water partition coefficient (Wildman–Crippen LogP) is 5.01. The molecule has 0 unspecified atom stereocenters. The van der Waals surface area contributed by atoms with E-state index in [0.29, 0.717) is 4.90 Å². The monoisotopic (exact) mass is 561 g/mol. The van der Waals surface area contributed by atoms with E-state index in [1.807, 2.05) is 0 Å². The van der Waals surface area contributed by atoms with Crippen molar-refractivity contribution in [2.75, 3.05) is 11.9 Å². The molecule has 3 rings (SSSR count). The number of ether oxygens (including phenoxy) is 1. The van der Waals surface area contributed by atoms with Crippen LogP contribution in [0.5, 0.6) is 0 Å². The van der Waals surface area contributed by atoms with Crippen molar-refractivity contribution in [3.63, 3.8) is 0 Å². The van der Waals surface area contributed by atoms with Crippen LogP contribution in [0.25, 0.3) is 0 Å². The topological polar surface area (TPSA) is 136 Å². The van der Waals surface area contributed by atoms with Crippen LogP contribution >= 0.6 is 46.4 Å². The number of nitro groups is 1. The van der Waals surface area contributed by atoms with Gasteiger partial charge in [0.1, 0.15) is 6.04 Å². The SMILES string of the molecule is CC(C)[C@@H](C(=O)OCC(=O)Nc1cccc([N+](=O)[O-])c1)N1C(=O)c2c(Cl)c(Cl)c(Cl)c(Cl)c2C1=O. The van der Waals surface area contributed by atoms with Gasteiger partial charge in [-0.3, -0.25) is 29.4 Å². The van der Waals surface area contributed by atoms with Crippen LogP contribution in [0, 0.1) is 16.0 Å². The normalized spacial score (nSPS) is 13.6. The fourth-order valence-electron chi connectivity index (χ4n) is 3.41. The third-order valence-electron chi connectivity index (χ3n) is 4.97. The Labute approximate surface area is 218 Å². The second-order valence-corrected chi connectivity index (χ2v) is 9.15. The van der Waals surface area contributed by atoms with E-state index in [9.17, 15) is 29.3 Å². The van der Waals surface area contributed by atoms with Crippen molar-refractivity contribution >= 4 is 81.5 Å². The predicted molar refractivity (Wildman–Crippen MR) is 128 cm³/mol. The summed E-state index contributed by atoms with van der Waals surface area (Å²) >= 11 is 24.3. The number of carbonyl (C=O) groups is 4. The molecule has 2 aromatic rings. The zero-order chi connectivity index (χ0) is 26.2. The van der Waals surface area contributed by atoms with E-state index in [1.165, 1.54) is 18.2 Å². The van der Waals surface area contributed by atoms with E-state index in [1.54, 1.807) is 13.8 Å². The number of halogens is 4. The van der Waals surface area contributed by atoms with E-state index >= 15 is 0 Å². The standard InChI is InChI=1S/C21H15Cl4N3O7/c1-8(2)18(21(32)35-7-11(29)26-9-4-3-5-10(6-9)28(33)34)27-19(30)12-13(20(27)31)15(23)17(25)16(24)14(12)22/h3-6,8,18H,7H2,1-2H3,(H,26,29)/t18-/m0/s1. The minimum Gasteiger partial charge on any atom is -0.454 e. The smallest absolute Gasteiger partial charge is 0.330 e. The molecular formula is C21H15Cl4N3O7. The number of benzene rings is 2. The lowest BCUT2D eigenvalue weighted by atomic mass is 10.0. The molecule has 1 N–H and O–H groups in total. The Morgan fingerprint density at radius 2 is 1.57 bits per heavy atom. The number of hydrogen-bond donors (Lipinski definition) is 1. The Balaban J connectivity index is 1.79. The molecule has 1 heterocycles. The summed E-state index contributed by atoms with van der Waals surface area (Å²) in [4.78, 5) is 62.1. The average Bonchev–Trinajstić information content (AvgIpc) is 3.05. The van der Waals surface area contributed by atoms with Gasteiger partial charge in [0.05, 0.1) is 36.1 Å². The van der Waals surface area contributed by atoms with E-state index in [-0.39, 0.29) is 42.6 Å². The molecule has 0 aromatic heterocycles. The first-order valence-electron chi connectivity index (χ1n) is 9.81. The Bertz CT molecular complexity index is 1240. The van der Waals surface area contributed by atoms with Gasteiger partial charge in [-0.2, -0.15) is 0 Å². The molecule has 14 heteroatoms. The number of fused-ring (bicyclic) bond motifs is 1. The first-order chi connectivity index (χ1) is 16.4. The summed E-state index contributed by atoms with van der Waals surface area (Å²) in [7, 11) is 0. The third-order valence-corrected chi connectivity index (χ3v) is 6.77. The molecule has 10 nitrogen and oxygen atoms in total. The van der Waals surface area contributed by atoms with Gasteiger partial charge in [-0.05, 0) is 12.0 Å². The van der Waals surface area contributed by atoms with Crippen LogP contribution in [0.1, 0.15) is 34.6 Å². The van der Waals surface area contributed by atoms with Crippen molar-refractivity contribution in [1.29, 1.82) is 0 Å². The summed E-state index contributed by atoms with van der Waals surface area (Å²) in [6.07, 6.45) is 0. The van der Waals surface area contributed by atoms with Gasteiger partial charge < -0.3 is 10.1 Å². The molecule has 0 fully saturated rings. The molecule has 0 aliphatic carbocycles. The van der Waals surface area contributed by atoms with Gasteiger partial charge in [-0.15, -0.1) is 0 Å². The fourth-order valence-corrected chi connectivity index (χ4v) is 4.43. The maximum atomic E-state index is 13.1. The first-order valence-corrected chi connectivity index (χ1v) is 11.3. The summed E-state index contributed by atoms with van der Waals surface area (Å²) in [5.74, 6) is -4.33. The number of nitrogens with one attached hydrogen (secondary N) is 1. The average molecular weight is 563 g/mol. The molecule has 1 atom stereocenters. The molecule has 3 amide bonds. The summed E-state index contributed by atoms with van der Waals surface area (Å²) in [5.41, 5.74) is -0.724. The summed E-state index contributed by atoms with van der Waals surface area (Å²) in [6, 6.07) is 3.71. The highest BCUT2D eigenvalue weighted by atomic mass is 35.5. The van der Waals surface area contributed by atoms with E-state index in [0.717, 1.165) is 6.07 Å². The Hall–Kier alpha value is -2.92. The van der Waals surface area contributed by atoms with Crippen molar-refractivity contribution in [2.45, 2.75) is 19.9 Å².